The topological polar surface area (TPSA) is 86.5 Å². The van der Waals surface area contributed by atoms with Crippen LogP contribution in [0.2, 0.25) is 0 Å². The number of carbonyl (C=O) groups is 2. The van der Waals surface area contributed by atoms with Gasteiger partial charge in [0, 0.05) is 12.1 Å². The van der Waals surface area contributed by atoms with Crippen molar-refractivity contribution in [2.24, 2.45) is 5.41 Å². The molecule has 0 saturated heterocycles. The zero-order valence-corrected chi connectivity index (χ0v) is 11.0. The molecule has 0 unspecified atom stereocenters. The predicted molar refractivity (Wildman–Crippen MR) is 67.6 cm³/mol. The van der Waals surface area contributed by atoms with Crippen LogP contribution in [-0.2, 0) is 9.53 Å². The van der Waals surface area contributed by atoms with Crippen molar-refractivity contribution < 1.29 is 19.2 Å². The van der Waals surface area contributed by atoms with E-state index in [1.807, 2.05) is 6.92 Å². The highest BCUT2D eigenvalue weighted by molar-refractivity contribution is 5.98. The first-order valence-corrected chi connectivity index (χ1v) is 5.79. The van der Waals surface area contributed by atoms with Gasteiger partial charge in [0.2, 0.25) is 0 Å². The van der Waals surface area contributed by atoms with Crippen molar-refractivity contribution in [3.8, 4) is 0 Å². The van der Waals surface area contributed by atoms with Crippen LogP contribution in [0.1, 0.15) is 37.6 Å². The molecule has 0 atom stereocenters. The average Bonchev–Trinajstić information content (AvgIpc) is 2.38. The predicted octanol–water partition coefficient (Wildman–Crippen LogP) is 2.71. The van der Waals surface area contributed by atoms with E-state index >= 15 is 0 Å². The van der Waals surface area contributed by atoms with Gasteiger partial charge in [-0.05, 0) is 32.4 Å². The van der Waals surface area contributed by atoms with E-state index in [1.54, 1.807) is 13.8 Å². The van der Waals surface area contributed by atoms with Crippen LogP contribution in [0.3, 0.4) is 0 Å². The molecule has 0 spiro atoms. The van der Waals surface area contributed by atoms with Crippen LogP contribution < -0.4 is 0 Å². The monoisotopic (exact) mass is 265 g/mol. The van der Waals surface area contributed by atoms with E-state index in [4.69, 9.17) is 4.74 Å². The Morgan fingerprint density at radius 1 is 1.26 bits per heavy atom. The second-order valence-corrected chi connectivity index (χ2v) is 4.72. The molecule has 0 radical (unpaired) electrons. The van der Waals surface area contributed by atoms with Crippen LogP contribution in [0.4, 0.5) is 5.69 Å². The maximum Gasteiger partial charge on any atom is 0.345 e. The van der Waals surface area contributed by atoms with Crippen LogP contribution >= 0.6 is 0 Å². The van der Waals surface area contributed by atoms with Gasteiger partial charge in [0.15, 0.2) is 0 Å². The number of rotatable bonds is 4. The van der Waals surface area contributed by atoms with Crippen molar-refractivity contribution in [3.63, 3.8) is 0 Å². The van der Waals surface area contributed by atoms with Crippen LogP contribution in [0.5, 0.6) is 0 Å². The number of ether oxygens (including phenoxy) is 1. The van der Waals surface area contributed by atoms with Gasteiger partial charge in [0.1, 0.15) is 0 Å². The molecule has 0 aliphatic carbocycles. The van der Waals surface area contributed by atoms with E-state index in [0.29, 0.717) is 6.42 Å². The first kappa shape index (κ1) is 14.8. The molecule has 1 aromatic carbocycles. The molecule has 0 fully saturated rings. The number of non-ortho nitro benzene ring substituents is 1. The second-order valence-electron chi connectivity index (χ2n) is 4.72. The highest BCUT2D eigenvalue weighted by Gasteiger charge is 2.29. The smallest absolute Gasteiger partial charge is 0.345 e. The third-order valence-electron chi connectivity index (χ3n) is 2.94. The van der Waals surface area contributed by atoms with Gasteiger partial charge in [-0.3, -0.25) is 14.9 Å². The molecule has 0 bridgehead atoms. The summed E-state index contributed by atoms with van der Waals surface area (Å²) in [5.74, 6) is -1.42. The summed E-state index contributed by atoms with van der Waals surface area (Å²) in [4.78, 5) is 33.3. The number of esters is 2. The normalized spacial score (nSPS) is 10.9. The molecule has 0 aliphatic heterocycles. The van der Waals surface area contributed by atoms with Crippen LogP contribution in [-0.4, -0.2) is 16.9 Å². The number of nitro groups is 1. The maximum atomic E-state index is 11.7. The molecule has 0 aromatic heterocycles. The van der Waals surface area contributed by atoms with E-state index < -0.39 is 22.3 Å². The summed E-state index contributed by atoms with van der Waals surface area (Å²) in [7, 11) is 0. The third kappa shape index (κ3) is 3.61. The average molecular weight is 265 g/mol. The zero-order chi connectivity index (χ0) is 14.6. The van der Waals surface area contributed by atoms with Crippen molar-refractivity contribution in [1.82, 2.24) is 0 Å². The Kier molecular flexibility index (Phi) is 4.37. The lowest BCUT2D eigenvalue weighted by molar-refractivity contribution is -0.384. The van der Waals surface area contributed by atoms with Gasteiger partial charge < -0.3 is 4.74 Å². The summed E-state index contributed by atoms with van der Waals surface area (Å²) in [6, 6.07) is 4.89. The lowest BCUT2D eigenvalue weighted by Crippen LogP contribution is -2.28. The van der Waals surface area contributed by atoms with Crippen molar-refractivity contribution >= 4 is 17.6 Å². The van der Waals surface area contributed by atoms with Gasteiger partial charge in [-0.15, -0.1) is 0 Å². The molecule has 1 rings (SSSR count). The van der Waals surface area contributed by atoms with Crippen LogP contribution in [0.25, 0.3) is 0 Å². The second kappa shape index (κ2) is 5.60. The summed E-state index contributed by atoms with van der Waals surface area (Å²) >= 11 is 0. The molecule has 6 nitrogen and oxygen atoms in total. The van der Waals surface area contributed by atoms with Crippen LogP contribution in [0.15, 0.2) is 24.3 Å². The molecule has 6 heteroatoms. The van der Waals surface area contributed by atoms with Gasteiger partial charge in [-0.2, -0.15) is 0 Å². The molecule has 0 N–H and O–H groups in total. The number of hydrogen-bond donors (Lipinski definition) is 0. The summed E-state index contributed by atoms with van der Waals surface area (Å²) in [6.45, 7) is 5.18. The molecule has 0 heterocycles. The number of benzene rings is 1. The van der Waals surface area contributed by atoms with E-state index in [-0.39, 0.29) is 11.3 Å². The Morgan fingerprint density at radius 3 is 2.21 bits per heavy atom. The van der Waals surface area contributed by atoms with Gasteiger partial charge in [0.05, 0.1) is 15.9 Å². The maximum absolute atomic E-state index is 11.7. The van der Waals surface area contributed by atoms with E-state index in [2.05, 4.69) is 0 Å². The molecule has 102 valence electrons. The zero-order valence-electron chi connectivity index (χ0n) is 11.0. The minimum absolute atomic E-state index is 0.103. The first-order chi connectivity index (χ1) is 8.77. The van der Waals surface area contributed by atoms with Crippen LogP contribution in [0, 0.1) is 15.5 Å². The van der Waals surface area contributed by atoms with E-state index in [1.165, 1.54) is 24.3 Å². The molecule has 0 aliphatic rings. The number of carbonyl (C=O) groups excluding carboxylic acids is 2. The third-order valence-corrected chi connectivity index (χ3v) is 2.94. The molecule has 1 aromatic rings. The fourth-order valence-electron chi connectivity index (χ4n) is 1.14. The molecular weight excluding hydrogens is 250 g/mol. The van der Waals surface area contributed by atoms with Gasteiger partial charge >= 0.3 is 11.9 Å². The van der Waals surface area contributed by atoms with E-state index in [9.17, 15) is 19.7 Å². The highest BCUT2D eigenvalue weighted by Crippen LogP contribution is 2.22. The highest BCUT2D eigenvalue weighted by atomic mass is 16.6. The first-order valence-electron chi connectivity index (χ1n) is 5.79. The minimum Gasteiger partial charge on any atom is -0.389 e. The fourth-order valence-corrected chi connectivity index (χ4v) is 1.14. The van der Waals surface area contributed by atoms with E-state index in [0.717, 1.165) is 0 Å². The van der Waals surface area contributed by atoms with Crippen molar-refractivity contribution in [1.29, 1.82) is 0 Å². The van der Waals surface area contributed by atoms with Gasteiger partial charge in [-0.25, -0.2) is 4.79 Å². The Labute approximate surface area is 110 Å². The lowest BCUT2D eigenvalue weighted by Gasteiger charge is -2.19. The fraction of sp³-hybridized carbons (Fsp3) is 0.385. The molecule has 0 amide bonds. The lowest BCUT2D eigenvalue weighted by atomic mass is 9.91. The molecular formula is C13H15NO5. The molecule has 19 heavy (non-hydrogen) atoms. The Balaban J connectivity index is 2.79. The summed E-state index contributed by atoms with van der Waals surface area (Å²) in [5, 5.41) is 10.5. The summed E-state index contributed by atoms with van der Waals surface area (Å²) < 4.78 is 4.74. The number of nitro benzene ring substituents is 1. The Hall–Kier alpha value is -2.24. The van der Waals surface area contributed by atoms with Crippen molar-refractivity contribution in [2.75, 3.05) is 0 Å². The van der Waals surface area contributed by atoms with Gasteiger partial charge in [0.25, 0.3) is 5.69 Å². The van der Waals surface area contributed by atoms with Gasteiger partial charge in [-0.1, -0.05) is 6.92 Å². The standard InChI is InChI=1S/C13H15NO5/c1-4-13(2,3)12(16)19-11(15)9-5-7-10(8-6-9)14(17)18/h5-8H,4H2,1-3H3. The molecule has 0 saturated carbocycles. The van der Waals surface area contributed by atoms with Crippen molar-refractivity contribution in [3.05, 3.63) is 39.9 Å². The number of nitrogens with zero attached hydrogens (tertiary/aromatic N) is 1. The minimum atomic E-state index is -0.804. The quantitative estimate of drug-likeness (QED) is 0.361. The summed E-state index contributed by atoms with van der Waals surface area (Å²) in [6.07, 6.45) is 0.541. The largest absolute Gasteiger partial charge is 0.389 e. The Bertz CT molecular complexity index is 504. The number of hydrogen-bond acceptors (Lipinski definition) is 5. The summed E-state index contributed by atoms with van der Waals surface area (Å²) in [5.41, 5.74) is -0.765. The Morgan fingerprint density at radius 2 is 1.79 bits per heavy atom. The SMILES string of the molecule is CCC(C)(C)C(=O)OC(=O)c1ccc([N+](=O)[O-])cc1. The van der Waals surface area contributed by atoms with Crippen molar-refractivity contribution in [2.45, 2.75) is 27.2 Å².